The molecule has 1 rings (SSSR count). The van der Waals surface area contributed by atoms with E-state index in [1.165, 1.54) is 0 Å². The average Bonchev–Trinajstić information content (AvgIpc) is 2.08. The number of rotatable bonds is 1. The first kappa shape index (κ1) is 7.60. The van der Waals surface area contributed by atoms with Crippen molar-refractivity contribution < 1.29 is 0 Å². The van der Waals surface area contributed by atoms with E-state index >= 15 is 0 Å². The molecule has 0 aliphatic rings. The van der Waals surface area contributed by atoms with Crippen molar-refractivity contribution in [3.8, 4) is 0 Å². The third-order valence-electron chi connectivity index (χ3n) is 1.21. The summed E-state index contributed by atoms with van der Waals surface area (Å²) in [5, 5.41) is 3.13. The molecule has 0 N–H and O–H groups in total. The second-order valence-electron chi connectivity index (χ2n) is 3.17. The molecule has 0 bridgehead atoms. The van der Waals surface area contributed by atoms with E-state index in [1.54, 1.807) is 14.2 Å². The quantitative estimate of drug-likeness (QED) is 0.665. The van der Waals surface area contributed by atoms with Crippen molar-refractivity contribution in [3.05, 3.63) is 17.5 Å². The molecule has 0 spiro atoms. The minimum absolute atomic E-state index is 1.62. The summed E-state index contributed by atoms with van der Waals surface area (Å²) in [7, 11) is 0. The Morgan fingerprint density at radius 2 is 2.11 bits per heavy atom. The Bertz CT molecular complexity index is 171. The van der Waals surface area contributed by atoms with E-state index in [-0.39, 0.29) is 0 Å². The van der Waals surface area contributed by atoms with E-state index in [2.05, 4.69) is 26.3 Å². The van der Waals surface area contributed by atoms with Crippen LogP contribution in [-0.2, 0) is 0 Å². The summed E-state index contributed by atoms with van der Waals surface area (Å²) < 4.78 is 1.62. The maximum absolute atomic E-state index is 3.13. The molecule has 0 nitrogen and oxygen atoms in total. The molecule has 0 saturated carbocycles. The van der Waals surface area contributed by atoms with Crippen LogP contribution in [0.1, 0.15) is 0 Å². The van der Waals surface area contributed by atoms with E-state index in [4.69, 9.17) is 0 Å². The van der Waals surface area contributed by atoms with Gasteiger partial charge in [-0.05, 0) is 0 Å². The van der Waals surface area contributed by atoms with Crippen LogP contribution in [0.5, 0.6) is 0 Å². The van der Waals surface area contributed by atoms with Crippen LogP contribution in [0.4, 0.5) is 0 Å². The van der Waals surface area contributed by atoms with Gasteiger partial charge in [0.1, 0.15) is 0 Å². The molecule has 2 heteroatoms. The van der Waals surface area contributed by atoms with Crippen LogP contribution in [-0.4, -0.2) is 18.4 Å². The molecule has 0 fully saturated rings. The van der Waals surface area contributed by atoms with Crippen molar-refractivity contribution in [1.29, 1.82) is 0 Å². The molecule has 1 aromatic heterocycles. The molecule has 0 unspecified atom stereocenters. The Kier molecular flexibility index (Phi) is 2.22. The van der Waals surface area contributed by atoms with Gasteiger partial charge in [0.15, 0.2) is 0 Å². The molecule has 9 heavy (non-hydrogen) atoms. The Labute approximate surface area is 64.8 Å². The van der Waals surface area contributed by atoms with Gasteiger partial charge in [-0.3, -0.25) is 0 Å². The molecule has 1 aromatic rings. The third kappa shape index (κ3) is 1.97. The normalized spacial score (nSPS) is 11.9. The summed E-state index contributed by atoms with van der Waals surface area (Å²) in [4.78, 5) is 7.27. The van der Waals surface area contributed by atoms with Crippen LogP contribution in [0.25, 0.3) is 0 Å². The van der Waals surface area contributed by atoms with E-state index in [0.29, 0.717) is 0 Å². The molecule has 0 atom stereocenters. The fourth-order valence-electron chi connectivity index (χ4n) is 0.644. The maximum atomic E-state index is 3.13. The predicted octanol–water partition coefficient (Wildman–Crippen LogP) is 2.09. The summed E-state index contributed by atoms with van der Waals surface area (Å²) in [6, 6.07) is 4.25. The summed E-state index contributed by atoms with van der Waals surface area (Å²) in [5.74, 6) is 0. The molecule has 0 amide bonds. The van der Waals surface area contributed by atoms with Crippen LogP contribution in [0.3, 0.4) is 0 Å². The van der Waals surface area contributed by atoms with Crippen LogP contribution in [0, 0.1) is 5.38 Å². The van der Waals surface area contributed by atoms with Gasteiger partial charge in [-0.15, -0.1) is 0 Å². The number of thiophene rings is 1. The Hall–Kier alpha value is 0.499. The van der Waals surface area contributed by atoms with Crippen LogP contribution < -0.4 is 2.89 Å². The first-order valence-corrected chi connectivity index (χ1v) is 13.9. The Balaban J connectivity index is 2.90. The molecular weight excluding hydrogens is 235 g/mol. The molecule has 1 radical (unpaired) electrons. The van der Waals surface area contributed by atoms with Crippen LogP contribution in [0.2, 0.25) is 14.8 Å². The number of hydrogen-bond donors (Lipinski definition) is 0. The van der Waals surface area contributed by atoms with Crippen molar-refractivity contribution in [1.82, 2.24) is 0 Å². The summed E-state index contributed by atoms with van der Waals surface area (Å²) >= 11 is 0.137. The van der Waals surface area contributed by atoms with Gasteiger partial charge in [-0.2, -0.15) is 0 Å². The predicted molar refractivity (Wildman–Crippen MR) is 46.1 cm³/mol. The second kappa shape index (κ2) is 2.62. The van der Waals surface area contributed by atoms with Gasteiger partial charge in [0.05, 0.1) is 0 Å². The molecule has 49 valence electrons. The van der Waals surface area contributed by atoms with Gasteiger partial charge in [-0.1, -0.05) is 0 Å². The van der Waals surface area contributed by atoms with E-state index < -0.39 is 18.4 Å². The SMILES string of the molecule is [CH3][Sn]([CH3])([CH3])[c]1cc[c]s1. The van der Waals surface area contributed by atoms with Crippen molar-refractivity contribution in [2.24, 2.45) is 0 Å². The fraction of sp³-hybridized carbons (Fsp3) is 0.429. The van der Waals surface area contributed by atoms with Crippen LogP contribution in [0.15, 0.2) is 12.1 Å². The molecule has 0 aromatic carbocycles. The van der Waals surface area contributed by atoms with Gasteiger partial charge < -0.3 is 0 Å². The Morgan fingerprint density at radius 3 is 2.33 bits per heavy atom. The van der Waals surface area contributed by atoms with Crippen molar-refractivity contribution in [3.63, 3.8) is 0 Å². The summed E-state index contributed by atoms with van der Waals surface area (Å²) in [5.41, 5.74) is 0. The average molecular weight is 246 g/mol. The van der Waals surface area contributed by atoms with Crippen molar-refractivity contribution in [2.45, 2.75) is 14.8 Å². The summed E-state index contributed by atoms with van der Waals surface area (Å²) in [6.07, 6.45) is 0. The molecule has 0 aliphatic heterocycles. The number of hydrogen-bond acceptors (Lipinski definition) is 1. The zero-order valence-electron chi connectivity index (χ0n) is 6.06. The zero-order chi connectivity index (χ0) is 6.91. The van der Waals surface area contributed by atoms with Gasteiger partial charge >= 0.3 is 64.9 Å². The van der Waals surface area contributed by atoms with Crippen LogP contribution >= 0.6 is 11.3 Å². The molecular formula is C7H11SSn. The first-order valence-electron chi connectivity index (χ1n) is 3.07. The molecule has 0 aliphatic carbocycles. The van der Waals surface area contributed by atoms with Gasteiger partial charge in [-0.25, -0.2) is 0 Å². The minimum atomic E-state index is -1.66. The molecule has 0 saturated heterocycles. The first-order chi connectivity index (χ1) is 4.11. The fourth-order valence-corrected chi connectivity index (χ4v) is 6.14. The summed E-state index contributed by atoms with van der Waals surface area (Å²) in [6.45, 7) is 0. The van der Waals surface area contributed by atoms with Crippen molar-refractivity contribution >= 4 is 32.6 Å². The topological polar surface area (TPSA) is 0 Å². The Morgan fingerprint density at radius 1 is 1.44 bits per heavy atom. The third-order valence-corrected chi connectivity index (χ3v) is 11.5. The second-order valence-corrected chi connectivity index (χ2v) is 19.5. The van der Waals surface area contributed by atoms with E-state index in [1.807, 2.05) is 6.07 Å². The van der Waals surface area contributed by atoms with Gasteiger partial charge in [0, 0.05) is 0 Å². The zero-order valence-corrected chi connectivity index (χ0v) is 9.73. The van der Waals surface area contributed by atoms with Gasteiger partial charge in [0.2, 0.25) is 0 Å². The van der Waals surface area contributed by atoms with Crippen molar-refractivity contribution in [2.75, 3.05) is 0 Å². The molecule has 1 heterocycles. The standard InChI is InChI=1S/C4H2S.3CH3.Sn/c1-2-4-5-3-1;;;;/h1-2H;3*1H3;. The van der Waals surface area contributed by atoms with E-state index in [0.717, 1.165) is 0 Å². The van der Waals surface area contributed by atoms with Gasteiger partial charge in [0.25, 0.3) is 0 Å². The van der Waals surface area contributed by atoms with E-state index in [9.17, 15) is 0 Å². The monoisotopic (exact) mass is 247 g/mol.